The molecule has 1 rings (SSSR count). The number of hydrogen-bond donors (Lipinski definition) is 0. The number of rotatable bonds is 11. The maximum absolute atomic E-state index is 12.1. The lowest BCUT2D eigenvalue weighted by molar-refractivity contribution is 0.116. The molecule has 4 nitrogen and oxygen atoms in total. The van der Waals surface area contributed by atoms with Crippen LogP contribution >= 0.6 is 0 Å². The standard InChI is InChI=1S/C17H28O4S/c1-4-5-6-7-11-20-14-16-9-8-10-17(12-16)22(18,19)21-13-15(2)3/h8-10,12,15H,4-7,11,13-14H2,1-3H3. The van der Waals surface area contributed by atoms with E-state index in [0.29, 0.717) is 13.2 Å². The Morgan fingerprint density at radius 1 is 1.14 bits per heavy atom. The molecule has 0 aliphatic heterocycles. The van der Waals surface area contributed by atoms with Crippen LogP contribution in [0.3, 0.4) is 0 Å². The van der Waals surface area contributed by atoms with Gasteiger partial charge in [0.1, 0.15) is 0 Å². The third-order valence-corrected chi connectivity index (χ3v) is 4.43. The number of hydrogen-bond acceptors (Lipinski definition) is 4. The van der Waals surface area contributed by atoms with Crippen LogP contribution in [-0.2, 0) is 25.6 Å². The monoisotopic (exact) mass is 328 g/mol. The molecule has 0 bridgehead atoms. The Morgan fingerprint density at radius 2 is 1.91 bits per heavy atom. The van der Waals surface area contributed by atoms with Crippen LogP contribution in [0.4, 0.5) is 0 Å². The zero-order chi connectivity index (χ0) is 16.4. The van der Waals surface area contributed by atoms with Crippen LogP contribution in [0.1, 0.15) is 52.0 Å². The molecule has 0 fully saturated rings. The van der Waals surface area contributed by atoms with E-state index in [2.05, 4.69) is 6.92 Å². The van der Waals surface area contributed by atoms with Gasteiger partial charge >= 0.3 is 0 Å². The maximum atomic E-state index is 12.1. The van der Waals surface area contributed by atoms with E-state index < -0.39 is 10.1 Å². The van der Waals surface area contributed by atoms with Crippen molar-refractivity contribution in [2.45, 2.75) is 58.0 Å². The molecule has 0 aliphatic rings. The van der Waals surface area contributed by atoms with Gasteiger partial charge in [-0.05, 0) is 30.0 Å². The molecule has 0 atom stereocenters. The second-order valence-electron chi connectivity index (χ2n) is 5.89. The van der Waals surface area contributed by atoms with Crippen LogP contribution in [0.5, 0.6) is 0 Å². The van der Waals surface area contributed by atoms with Gasteiger partial charge in [-0.1, -0.05) is 52.2 Å². The van der Waals surface area contributed by atoms with Crippen LogP contribution in [0.25, 0.3) is 0 Å². The molecule has 126 valence electrons. The van der Waals surface area contributed by atoms with Crippen molar-refractivity contribution in [1.29, 1.82) is 0 Å². The molecule has 0 unspecified atom stereocenters. The first-order valence-corrected chi connectivity index (χ1v) is 9.42. The molecule has 5 heteroatoms. The van der Waals surface area contributed by atoms with E-state index in [1.807, 2.05) is 19.9 Å². The van der Waals surface area contributed by atoms with E-state index in [9.17, 15) is 8.42 Å². The largest absolute Gasteiger partial charge is 0.377 e. The van der Waals surface area contributed by atoms with Gasteiger partial charge in [-0.2, -0.15) is 8.42 Å². The Bertz CT molecular complexity index is 523. The molecule has 0 N–H and O–H groups in total. The van der Waals surface area contributed by atoms with Crippen LogP contribution < -0.4 is 0 Å². The summed E-state index contributed by atoms with van der Waals surface area (Å²) in [6.07, 6.45) is 4.65. The third kappa shape index (κ3) is 7.38. The molecule has 22 heavy (non-hydrogen) atoms. The molecule has 0 heterocycles. The maximum Gasteiger partial charge on any atom is 0.296 e. The van der Waals surface area contributed by atoms with Crippen molar-refractivity contribution in [2.75, 3.05) is 13.2 Å². The molecular weight excluding hydrogens is 300 g/mol. The summed E-state index contributed by atoms with van der Waals surface area (Å²) in [5.41, 5.74) is 0.852. The summed E-state index contributed by atoms with van der Waals surface area (Å²) in [7, 11) is -3.68. The topological polar surface area (TPSA) is 52.6 Å². The Kier molecular flexibility index (Phi) is 8.68. The highest BCUT2D eigenvalue weighted by Crippen LogP contribution is 2.16. The summed E-state index contributed by atoms with van der Waals surface area (Å²) in [6, 6.07) is 6.77. The van der Waals surface area contributed by atoms with E-state index in [0.717, 1.165) is 12.0 Å². The van der Waals surface area contributed by atoms with Crippen LogP contribution in [0.2, 0.25) is 0 Å². The van der Waals surface area contributed by atoms with E-state index >= 15 is 0 Å². The predicted octanol–water partition coefficient (Wildman–Crippen LogP) is 4.14. The van der Waals surface area contributed by atoms with Crippen molar-refractivity contribution in [2.24, 2.45) is 5.92 Å². The van der Waals surface area contributed by atoms with E-state index in [1.165, 1.54) is 19.3 Å². The fourth-order valence-corrected chi connectivity index (χ4v) is 3.03. The molecule has 0 radical (unpaired) electrons. The van der Waals surface area contributed by atoms with Gasteiger partial charge in [-0.25, -0.2) is 0 Å². The fourth-order valence-electron chi connectivity index (χ4n) is 1.91. The first-order chi connectivity index (χ1) is 10.5. The first-order valence-electron chi connectivity index (χ1n) is 8.02. The van der Waals surface area contributed by atoms with Crippen molar-refractivity contribution < 1.29 is 17.3 Å². The Morgan fingerprint density at radius 3 is 2.59 bits per heavy atom. The molecule has 0 saturated carbocycles. The summed E-state index contributed by atoms with van der Waals surface area (Å²) < 4.78 is 34.8. The van der Waals surface area contributed by atoms with Gasteiger partial charge < -0.3 is 4.74 Å². The minimum atomic E-state index is -3.68. The zero-order valence-electron chi connectivity index (χ0n) is 13.9. The minimum absolute atomic E-state index is 0.171. The highest BCUT2D eigenvalue weighted by Gasteiger charge is 2.16. The summed E-state index contributed by atoms with van der Waals surface area (Å²) in [5, 5.41) is 0. The molecule has 0 saturated heterocycles. The van der Waals surface area contributed by atoms with Crippen molar-refractivity contribution in [1.82, 2.24) is 0 Å². The average molecular weight is 328 g/mol. The van der Waals surface area contributed by atoms with Crippen molar-refractivity contribution in [3.63, 3.8) is 0 Å². The van der Waals surface area contributed by atoms with Crippen LogP contribution in [-0.4, -0.2) is 21.6 Å². The molecule has 0 aliphatic carbocycles. The first kappa shape index (κ1) is 19.1. The van der Waals surface area contributed by atoms with Gasteiger partial charge in [0.05, 0.1) is 18.1 Å². The quantitative estimate of drug-likeness (QED) is 0.452. The Labute approximate surface area is 135 Å². The lowest BCUT2D eigenvalue weighted by atomic mass is 10.2. The normalized spacial score (nSPS) is 12.0. The average Bonchev–Trinajstić information content (AvgIpc) is 2.49. The van der Waals surface area contributed by atoms with Crippen molar-refractivity contribution in [3.8, 4) is 0 Å². The predicted molar refractivity (Wildman–Crippen MR) is 88.2 cm³/mol. The zero-order valence-corrected chi connectivity index (χ0v) is 14.7. The third-order valence-electron chi connectivity index (χ3n) is 3.15. The fraction of sp³-hybridized carbons (Fsp3) is 0.647. The smallest absolute Gasteiger partial charge is 0.296 e. The molecule has 1 aromatic carbocycles. The number of ether oxygens (including phenoxy) is 1. The van der Waals surface area contributed by atoms with E-state index in [4.69, 9.17) is 8.92 Å². The van der Waals surface area contributed by atoms with Gasteiger partial charge in [0, 0.05) is 6.61 Å². The van der Waals surface area contributed by atoms with Crippen LogP contribution in [0.15, 0.2) is 29.2 Å². The van der Waals surface area contributed by atoms with E-state index in [1.54, 1.807) is 18.2 Å². The van der Waals surface area contributed by atoms with Crippen molar-refractivity contribution >= 4 is 10.1 Å². The Balaban J connectivity index is 2.51. The summed E-state index contributed by atoms with van der Waals surface area (Å²) >= 11 is 0. The van der Waals surface area contributed by atoms with Gasteiger partial charge in [-0.15, -0.1) is 0 Å². The summed E-state index contributed by atoms with van der Waals surface area (Å²) in [6.45, 7) is 7.34. The lowest BCUT2D eigenvalue weighted by Crippen LogP contribution is -2.11. The number of unbranched alkanes of at least 4 members (excludes halogenated alkanes) is 3. The summed E-state index contributed by atoms with van der Waals surface area (Å²) in [5.74, 6) is 0.171. The van der Waals surface area contributed by atoms with Gasteiger partial charge in [0.2, 0.25) is 0 Å². The number of benzene rings is 1. The SMILES string of the molecule is CCCCCCOCc1cccc(S(=O)(=O)OCC(C)C)c1. The second-order valence-corrected chi connectivity index (χ2v) is 7.51. The lowest BCUT2D eigenvalue weighted by Gasteiger charge is -2.09. The highest BCUT2D eigenvalue weighted by atomic mass is 32.2. The van der Waals surface area contributed by atoms with Crippen LogP contribution in [0, 0.1) is 5.92 Å². The molecular formula is C17H28O4S. The molecule has 0 aromatic heterocycles. The van der Waals surface area contributed by atoms with Gasteiger partial charge in [0.25, 0.3) is 10.1 Å². The minimum Gasteiger partial charge on any atom is -0.377 e. The van der Waals surface area contributed by atoms with E-state index in [-0.39, 0.29) is 17.4 Å². The molecule has 0 spiro atoms. The molecule has 0 amide bonds. The second kappa shape index (κ2) is 9.98. The van der Waals surface area contributed by atoms with Gasteiger partial charge in [-0.3, -0.25) is 4.18 Å². The Hall–Kier alpha value is -0.910. The highest BCUT2D eigenvalue weighted by molar-refractivity contribution is 7.86. The summed E-state index contributed by atoms with van der Waals surface area (Å²) in [4.78, 5) is 0.195. The molecule has 1 aromatic rings. The van der Waals surface area contributed by atoms with Crippen molar-refractivity contribution in [3.05, 3.63) is 29.8 Å². The van der Waals surface area contributed by atoms with Gasteiger partial charge in [0.15, 0.2) is 0 Å².